The molecule has 1 saturated heterocycles. The number of amides is 1. The summed E-state index contributed by atoms with van der Waals surface area (Å²) in [5.74, 6) is 1.14. The second kappa shape index (κ2) is 9.72. The van der Waals surface area contributed by atoms with Crippen LogP contribution < -0.4 is 14.2 Å². The third-order valence-corrected chi connectivity index (χ3v) is 6.18. The van der Waals surface area contributed by atoms with Crippen molar-refractivity contribution in [2.24, 2.45) is 0 Å². The summed E-state index contributed by atoms with van der Waals surface area (Å²) in [5, 5.41) is 10.8. The van der Waals surface area contributed by atoms with Crippen LogP contribution in [0.15, 0.2) is 47.0 Å². The van der Waals surface area contributed by atoms with Gasteiger partial charge in [0.1, 0.15) is 5.69 Å². The third kappa shape index (κ3) is 4.62. The summed E-state index contributed by atoms with van der Waals surface area (Å²) in [6, 6.07) is 9.78. The van der Waals surface area contributed by atoms with E-state index in [0.29, 0.717) is 41.6 Å². The van der Waals surface area contributed by atoms with Crippen molar-refractivity contribution in [3.05, 3.63) is 59.6 Å². The Kier molecular flexibility index (Phi) is 6.43. The Balaban J connectivity index is 1.26. The quantitative estimate of drug-likeness (QED) is 0.374. The topological polar surface area (TPSA) is 116 Å². The fourth-order valence-electron chi connectivity index (χ4n) is 4.13. The molecule has 38 heavy (non-hydrogen) atoms. The highest BCUT2D eigenvalue weighted by Gasteiger charge is 2.37. The molecule has 2 aromatic carbocycles. The highest BCUT2D eigenvalue weighted by Crippen LogP contribution is 2.41. The first-order valence-corrected chi connectivity index (χ1v) is 11.4. The van der Waals surface area contributed by atoms with Crippen molar-refractivity contribution in [3.63, 3.8) is 0 Å². The molecule has 0 atom stereocenters. The van der Waals surface area contributed by atoms with Gasteiger partial charge >= 0.3 is 6.18 Å². The lowest BCUT2D eigenvalue weighted by Crippen LogP contribution is -2.48. The molecule has 0 spiro atoms. The SMILES string of the molecule is COc1cc(-c2cc(C(=O)N3CC(c4nc(-c5cccc(C(F)(F)F)c5)no4)C3)[nH]n2)cc(OC)c1OC. The van der Waals surface area contributed by atoms with E-state index in [9.17, 15) is 18.0 Å². The number of hydrogen-bond acceptors (Lipinski definition) is 8. The predicted octanol–water partition coefficient (Wildman–Crippen LogP) is 4.41. The van der Waals surface area contributed by atoms with Crippen LogP contribution in [0.3, 0.4) is 0 Å². The number of aromatic nitrogens is 4. The van der Waals surface area contributed by atoms with E-state index in [4.69, 9.17) is 18.7 Å². The molecule has 10 nitrogen and oxygen atoms in total. The van der Waals surface area contributed by atoms with E-state index in [-0.39, 0.29) is 34.8 Å². The van der Waals surface area contributed by atoms with Gasteiger partial charge in [0, 0.05) is 24.2 Å². The van der Waals surface area contributed by atoms with Gasteiger partial charge in [-0.3, -0.25) is 9.89 Å². The molecular weight excluding hydrogens is 507 g/mol. The number of hydrogen-bond donors (Lipinski definition) is 1. The first-order chi connectivity index (χ1) is 18.2. The maximum atomic E-state index is 13.0. The van der Waals surface area contributed by atoms with Crippen LogP contribution >= 0.6 is 0 Å². The second-order valence-corrected chi connectivity index (χ2v) is 8.52. The van der Waals surface area contributed by atoms with Crippen molar-refractivity contribution in [2.45, 2.75) is 12.1 Å². The summed E-state index contributed by atoms with van der Waals surface area (Å²) < 4.78 is 60.4. The van der Waals surface area contributed by atoms with Crippen LogP contribution in [0.2, 0.25) is 0 Å². The number of H-pyrrole nitrogens is 1. The minimum Gasteiger partial charge on any atom is -0.493 e. The lowest BCUT2D eigenvalue weighted by Gasteiger charge is -2.36. The van der Waals surface area contributed by atoms with Crippen LogP contribution in [0.25, 0.3) is 22.6 Å². The smallest absolute Gasteiger partial charge is 0.416 e. The summed E-state index contributed by atoms with van der Waals surface area (Å²) in [6.45, 7) is 0.614. The second-order valence-electron chi connectivity index (χ2n) is 8.52. The number of rotatable bonds is 7. The molecule has 0 saturated carbocycles. The Labute approximate surface area is 214 Å². The van der Waals surface area contributed by atoms with Gasteiger partial charge in [-0.1, -0.05) is 17.3 Å². The number of nitrogens with zero attached hydrogens (tertiary/aromatic N) is 4. The molecule has 13 heteroatoms. The zero-order valence-electron chi connectivity index (χ0n) is 20.5. The number of nitrogens with one attached hydrogen (secondary N) is 1. The van der Waals surface area contributed by atoms with E-state index in [0.717, 1.165) is 12.1 Å². The highest BCUT2D eigenvalue weighted by molar-refractivity contribution is 5.94. The number of aromatic amines is 1. The average Bonchev–Trinajstić information content (AvgIpc) is 3.57. The lowest BCUT2D eigenvalue weighted by molar-refractivity contribution is -0.137. The van der Waals surface area contributed by atoms with Crippen molar-refractivity contribution >= 4 is 5.91 Å². The molecule has 0 aliphatic carbocycles. The van der Waals surface area contributed by atoms with E-state index in [1.54, 1.807) is 23.1 Å². The zero-order chi connectivity index (χ0) is 27.0. The Morgan fingerprint density at radius 2 is 1.74 bits per heavy atom. The molecule has 5 rings (SSSR count). The first kappa shape index (κ1) is 25.1. The molecule has 1 aliphatic rings. The van der Waals surface area contributed by atoms with Crippen LogP contribution in [-0.4, -0.2) is 65.6 Å². The molecule has 0 radical (unpaired) electrons. The van der Waals surface area contributed by atoms with Gasteiger partial charge in [0.15, 0.2) is 11.5 Å². The van der Waals surface area contributed by atoms with Gasteiger partial charge in [-0.15, -0.1) is 0 Å². The van der Waals surface area contributed by atoms with Crippen LogP contribution in [-0.2, 0) is 6.18 Å². The Morgan fingerprint density at radius 3 is 2.37 bits per heavy atom. The van der Waals surface area contributed by atoms with Gasteiger partial charge in [-0.05, 0) is 30.3 Å². The van der Waals surface area contributed by atoms with Gasteiger partial charge in [-0.2, -0.15) is 23.3 Å². The summed E-state index contributed by atoms with van der Waals surface area (Å²) in [6.07, 6.45) is -4.48. The summed E-state index contributed by atoms with van der Waals surface area (Å²) in [7, 11) is 4.52. The number of carbonyl (C=O) groups is 1. The number of methoxy groups -OCH3 is 3. The summed E-state index contributed by atoms with van der Waals surface area (Å²) in [5.41, 5.74) is 0.838. The number of likely N-dealkylation sites (tertiary alicyclic amines) is 1. The van der Waals surface area contributed by atoms with E-state index in [2.05, 4.69) is 20.3 Å². The number of halogens is 3. The van der Waals surface area contributed by atoms with Gasteiger partial charge in [0.2, 0.25) is 17.5 Å². The third-order valence-electron chi connectivity index (χ3n) is 6.18. The Bertz CT molecular complexity index is 1450. The monoisotopic (exact) mass is 529 g/mol. The van der Waals surface area contributed by atoms with E-state index < -0.39 is 11.7 Å². The summed E-state index contributed by atoms with van der Waals surface area (Å²) >= 11 is 0. The van der Waals surface area contributed by atoms with Crippen LogP contribution in [0, 0.1) is 0 Å². The minimum absolute atomic E-state index is 0.0550. The van der Waals surface area contributed by atoms with Gasteiger partial charge in [0.25, 0.3) is 5.91 Å². The molecule has 1 N–H and O–H groups in total. The Morgan fingerprint density at radius 1 is 1.03 bits per heavy atom. The van der Waals surface area contributed by atoms with Crippen molar-refractivity contribution in [3.8, 4) is 39.9 Å². The number of benzene rings is 2. The minimum atomic E-state index is -4.48. The molecule has 0 bridgehead atoms. The fourth-order valence-corrected chi connectivity index (χ4v) is 4.13. The van der Waals surface area contributed by atoms with Crippen LogP contribution in [0.1, 0.15) is 27.9 Å². The van der Waals surface area contributed by atoms with Crippen molar-refractivity contribution < 1.29 is 36.7 Å². The molecule has 0 unspecified atom stereocenters. The number of carbonyl (C=O) groups excluding carboxylic acids is 1. The average molecular weight is 529 g/mol. The molecule has 1 fully saturated rings. The van der Waals surface area contributed by atoms with Gasteiger partial charge in [0.05, 0.1) is 38.5 Å². The van der Waals surface area contributed by atoms with Crippen LogP contribution in [0.4, 0.5) is 13.2 Å². The summed E-state index contributed by atoms with van der Waals surface area (Å²) in [4.78, 5) is 18.8. The molecule has 2 aromatic heterocycles. The van der Waals surface area contributed by atoms with Gasteiger partial charge in [-0.25, -0.2) is 0 Å². The van der Waals surface area contributed by atoms with Crippen molar-refractivity contribution in [2.75, 3.05) is 34.4 Å². The Hall–Kier alpha value is -4.55. The normalized spacial score (nSPS) is 13.8. The van der Waals surface area contributed by atoms with Crippen LogP contribution in [0.5, 0.6) is 17.2 Å². The fraction of sp³-hybridized carbons (Fsp3) is 0.280. The van der Waals surface area contributed by atoms with Crippen molar-refractivity contribution in [1.82, 2.24) is 25.2 Å². The molecule has 198 valence electrons. The molecule has 3 heterocycles. The number of alkyl halides is 3. The first-order valence-electron chi connectivity index (χ1n) is 11.4. The van der Waals surface area contributed by atoms with E-state index >= 15 is 0 Å². The highest BCUT2D eigenvalue weighted by atomic mass is 19.4. The maximum absolute atomic E-state index is 13.0. The molecule has 1 aliphatic heterocycles. The largest absolute Gasteiger partial charge is 0.493 e. The van der Waals surface area contributed by atoms with E-state index in [1.807, 2.05) is 0 Å². The molecule has 4 aromatic rings. The molecular formula is C25H22F3N5O5. The van der Waals surface area contributed by atoms with Crippen molar-refractivity contribution in [1.29, 1.82) is 0 Å². The predicted molar refractivity (Wildman–Crippen MR) is 127 cm³/mol. The molecule has 1 amide bonds. The standard InChI is InChI=1S/C25H22F3N5O5/c1-35-19-8-14(9-20(36-2)21(19)37-3)17-10-18(31-30-17)24(34)33-11-15(12-33)23-29-22(32-38-23)13-5-4-6-16(7-13)25(26,27)28/h4-10,15H,11-12H2,1-3H3,(H,30,31). The maximum Gasteiger partial charge on any atom is 0.416 e. The van der Waals surface area contributed by atoms with E-state index in [1.165, 1.54) is 33.5 Å². The number of ether oxygens (including phenoxy) is 3. The lowest BCUT2D eigenvalue weighted by atomic mass is 9.99. The van der Waals surface area contributed by atoms with Gasteiger partial charge < -0.3 is 23.6 Å². The zero-order valence-corrected chi connectivity index (χ0v) is 20.5.